The fourth-order valence-electron chi connectivity index (χ4n) is 2.74. The zero-order chi connectivity index (χ0) is 21.7. The van der Waals surface area contributed by atoms with E-state index in [2.05, 4.69) is 10.1 Å². The Balaban J connectivity index is 1.72. The van der Waals surface area contributed by atoms with Gasteiger partial charge in [0.25, 0.3) is 5.91 Å². The van der Waals surface area contributed by atoms with Gasteiger partial charge in [-0.25, -0.2) is 0 Å². The number of carbonyl (C=O) groups is 2. The summed E-state index contributed by atoms with van der Waals surface area (Å²) in [6, 6.07) is 11.9. The highest BCUT2D eigenvalue weighted by Crippen LogP contribution is 2.34. The third-order valence-corrected chi connectivity index (χ3v) is 5.40. The van der Waals surface area contributed by atoms with Gasteiger partial charge in [0.1, 0.15) is 16.1 Å². The Hall–Kier alpha value is -2.88. The molecule has 30 heavy (non-hydrogen) atoms. The van der Waals surface area contributed by atoms with Crippen LogP contribution in [0.25, 0.3) is 6.08 Å². The molecule has 3 N–H and O–H groups in total. The molecular formula is C21H20N2O5S2. The van der Waals surface area contributed by atoms with Crippen molar-refractivity contribution < 1.29 is 23.8 Å². The number of methoxy groups -OCH3 is 2. The first kappa shape index (κ1) is 21.8. The third-order valence-electron chi connectivity index (χ3n) is 4.24. The molecule has 1 aliphatic heterocycles. The first-order chi connectivity index (χ1) is 14.4. The zero-order valence-corrected chi connectivity index (χ0v) is 18.0. The molecule has 3 rings (SSSR count). The highest BCUT2D eigenvalue weighted by atomic mass is 32.2. The van der Waals surface area contributed by atoms with Crippen LogP contribution in [0, 0.1) is 0 Å². The molecule has 1 heterocycles. The SMILES string of the molecule is COC(=O)[C@H](N)Cc1ccc(Oc2ccc(/C=C3\SC(=S)NC3=O)cc2OC)cc1. The average Bonchev–Trinajstić information content (AvgIpc) is 3.06. The van der Waals surface area contributed by atoms with Gasteiger partial charge in [0.2, 0.25) is 0 Å². The van der Waals surface area contributed by atoms with E-state index in [0.717, 1.165) is 11.1 Å². The number of thioether (sulfide) groups is 1. The number of ether oxygens (including phenoxy) is 3. The molecule has 0 unspecified atom stereocenters. The predicted molar refractivity (Wildman–Crippen MR) is 120 cm³/mol. The monoisotopic (exact) mass is 444 g/mol. The normalized spacial score (nSPS) is 15.6. The molecule has 7 nitrogen and oxygen atoms in total. The highest BCUT2D eigenvalue weighted by Gasteiger charge is 2.22. The maximum Gasteiger partial charge on any atom is 0.322 e. The molecule has 1 fully saturated rings. The van der Waals surface area contributed by atoms with Gasteiger partial charge in [0, 0.05) is 0 Å². The number of benzene rings is 2. The molecule has 0 spiro atoms. The molecule has 1 saturated heterocycles. The number of carbonyl (C=O) groups excluding carboxylic acids is 2. The molecule has 0 saturated carbocycles. The van der Waals surface area contributed by atoms with Crippen LogP contribution >= 0.6 is 24.0 Å². The van der Waals surface area contributed by atoms with Crippen molar-refractivity contribution in [3.8, 4) is 17.2 Å². The Morgan fingerprint density at radius 2 is 1.93 bits per heavy atom. The molecule has 9 heteroatoms. The second kappa shape index (κ2) is 9.75. The van der Waals surface area contributed by atoms with E-state index >= 15 is 0 Å². The van der Waals surface area contributed by atoms with Crippen molar-refractivity contribution in [2.75, 3.05) is 14.2 Å². The Morgan fingerprint density at radius 1 is 1.20 bits per heavy atom. The quantitative estimate of drug-likeness (QED) is 0.382. The molecule has 1 aliphatic rings. The molecule has 2 aromatic carbocycles. The van der Waals surface area contributed by atoms with Crippen LogP contribution in [-0.4, -0.2) is 36.5 Å². The van der Waals surface area contributed by atoms with Crippen LogP contribution < -0.4 is 20.5 Å². The number of nitrogens with one attached hydrogen (secondary N) is 1. The van der Waals surface area contributed by atoms with E-state index in [1.807, 2.05) is 18.2 Å². The van der Waals surface area contributed by atoms with Crippen LogP contribution in [0.2, 0.25) is 0 Å². The summed E-state index contributed by atoms with van der Waals surface area (Å²) < 4.78 is 16.4. The van der Waals surface area contributed by atoms with Crippen molar-refractivity contribution in [2.45, 2.75) is 12.5 Å². The summed E-state index contributed by atoms with van der Waals surface area (Å²) in [5.74, 6) is 0.984. The minimum Gasteiger partial charge on any atom is -0.493 e. The summed E-state index contributed by atoms with van der Waals surface area (Å²) in [4.78, 5) is 23.8. The lowest BCUT2D eigenvalue weighted by atomic mass is 10.1. The van der Waals surface area contributed by atoms with Crippen LogP contribution in [0.15, 0.2) is 47.4 Å². The van der Waals surface area contributed by atoms with E-state index in [1.54, 1.807) is 37.5 Å². The van der Waals surface area contributed by atoms with Crippen LogP contribution in [0.5, 0.6) is 17.2 Å². The largest absolute Gasteiger partial charge is 0.493 e. The smallest absolute Gasteiger partial charge is 0.322 e. The van der Waals surface area contributed by atoms with Crippen molar-refractivity contribution in [1.29, 1.82) is 0 Å². The van der Waals surface area contributed by atoms with Crippen LogP contribution in [-0.2, 0) is 20.7 Å². The number of amides is 1. The Morgan fingerprint density at radius 3 is 2.53 bits per heavy atom. The van der Waals surface area contributed by atoms with Crippen molar-refractivity contribution in [1.82, 2.24) is 5.32 Å². The van der Waals surface area contributed by atoms with Crippen LogP contribution in [0.1, 0.15) is 11.1 Å². The van der Waals surface area contributed by atoms with Gasteiger partial charge < -0.3 is 25.3 Å². The summed E-state index contributed by atoms with van der Waals surface area (Å²) in [6.45, 7) is 0. The topological polar surface area (TPSA) is 99.9 Å². The van der Waals surface area contributed by atoms with Crippen molar-refractivity contribution in [3.05, 3.63) is 58.5 Å². The lowest BCUT2D eigenvalue weighted by molar-refractivity contribution is -0.142. The second-order valence-electron chi connectivity index (χ2n) is 6.34. The predicted octanol–water partition coefficient (Wildman–Crippen LogP) is 3.02. The Labute approximate surface area is 183 Å². The number of hydrogen-bond acceptors (Lipinski definition) is 8. The van der Waals surface area contributed by atoms with Crippen LogP contribution in [0.3, 0.4) is 0 Å². The molecule has 1 atom stereocenters. The van der Waals surface area contributed by atoms with Crippen molar-refractivity contribution in [2.24, 2.45) is 5.73 Å². The number of esters is 1. The lowest BCUT2D eigenvalue weighted by Gasteiger charge is -2.12. The molecule has 1 amide bonds. The number of nitrogens with two attached hydrogens (primary N) is 1. The lowest BCUT2D eigenvalue weighted by Crippen LogP contribution is -2.33. The molecular weight excluding hydrogens is 424 g/mol. The molecule has 156 valence electrons. The maximum atomic E-state index is 11.8. The van der Waals surface area contributed by atoms with E-state index < -0.39 is 12.0 Å². The van der Waals surface area contributed by atoms with Gasteiger partial charge >= 0.3 is 5.97 Å². The summed E-state index contributed by atoms with van der Waals surface area (Å²) in [7, 11) is 2.85. The van der Waals surface area contributed by atoms with Crippen molar-refractivity contribution in [3.63, 3.8) is 0 Å². The molecule has 0 aromatic heterocycles. The van der Waals surface area contributed by atoms with Gasteiger partial charge in [-0.1, -0.05) is 42.2 Å². The summed E-state index contributed by atoms with van der Waals surface area (Å²) in [6.07, 6.45) is 2.11. The van der Waals surface area contributed by atoms with Gasteiger partial charge in [0.05, 0.1) is 19.1 Å². The van der Waals surface area contributed by atoms with E-state index in [1.165, 1.54) is 18.9 Å². The first-order valence-electron chi connectivity index (χ1n) is 8.92. The Bertz CT molecular complexity index is 1000. The molecule has 0 radical (unpaired) electrons. The number of thiocarbonyl (C=S) groups is 1. The van der Waals surface area contributed by atoms with E-state index in [0.29, 0.717) is 32.9 Å². The summed E-state index contributed by atoms with van der Waals surface area (Å²) >= 11 is 6.22. The van der Waals surface area contributed by atoms with Gasteiger partial charge in [-0.3, -0.25) is 9.59 Å². The van der Waals surface area contributed by atoms with Gasteiger partial charge in [-0.15, -0.1) is 0 Å². The minimum atomic E-state index is -0.710. The fourth-order valence-corrected chi connectivity index (χ4v) is 3.78. The number of rotatable bonds is 7. The molecule has 0 aliphatic carbocycles. The van der Waals surface area contributed by atoms with Crippen molar-refractivity contribution >= 4 is 46.3 Å². The van der Waals surface area contributed by atoms with E-state index in [9.17, 15) is 9.59 Å². The van der Waals surface area contributed by atoms with E-state index in [4.69, 9.17) is 27.4 Å². The average molecular weight is 445 g/mol. The first-order valence-corrected chi connectivity index (χ1v) is 10.1. The summed E-state index contributed by atoms with van der Waals surface area (Å²) in [5.41, 5.74) is 7.46. The number of hydrogen-bond donors (Lipinski definition) is 2. The second-order valence-corrected chi connectivity index (χ2v) is 8.06. The molecule has 2 aromatic rings. The van der Waals surface area contributed by atoms with Gasteiger partial charge in [0.15, 0.2) is 11.5 Å². The maximum absolute atomic E-state index is 11.8. The third kappa shape index (κ3) is 5.38. The van der Waals surface area contributed by atoms with Crippen LogP contribution in [0.4, 0.5) is 0 Å². The van der Waals surface area contributed by atoms with E-state index in [-0.39, 0.29) is 5.91 Å². The summed E-state index contributed by atoms with van der Waals surface area (Å²) in [5, 5.41) is 2.58. The fraction of sp³-hybridized carbons (Fsp3) is 0.190. The minimum absolute atomic E-state index is 0.212. The highest BCUT2D eigenvalue weighted by molar-refractivity contribution is 8.26. The zero-order valence-electron chi connectivity index (χ0n) is 16.3. The van der Waals surface area contributed by atoms with Gasteiger partial charge in [-0.05, 0) is 47.9 Å². The van der Waals surface area contributed by atoms with Gasteiger partial charge in [-0.2, -0.15) is 0 Å². The molecule has 0 bridgehead atoms. The Kier molecular flexibility index (Phi) is 7.09. The standard InChI is InChI=1S/C21H20N2O5S2/c1-26-17-10-13(11-18-19(24)23-21(29)30-18)5-8-16(17)28-14-6-3-12(4-7-14)9-15(22)20(25)27-2/h3-8,10-11,15H,9,22H2,1-2H3,(H,23,24,29)/b18-11-/t15-/m1/s1.